The van der Waals surface area contributed by atoms with Gasteiger partial charge in [0.15, 0.2) is 0 Å². The highest BCUT2D eigenvalue weighted by Gasteiger charge is 1.98. The van der Waals surface area contributed by atoms with Crippen molar-refractivity contribution >= 4 is 45.9 Å². The second-order valence-corrected chi connectivity index (χ2v) is 5.03. The van der Waals surface area contributed by atoms with Crippen LogP contribution in [0.15, 0.2) is 28.7 Å². The Morgan fingerprint density at radius 2 is 2.24 bits per heavy atom. The molecule has 3 nitrogen and oxygen atoms in total. The van der Waals surface area contributed by atoms with Crippen molar-refractivity contribution in [3.8, 4) is 0 Å². The normalized spacial score (nSPS) is 11.0. The third-order valence-electron chi connectivity index (χ3n) is 1.95. The number of aryl methyl sites for hydroxylation is 1. The van der Waals surface area contributed by atoms with Crippen molar-refractivity contribution in [1.29, 1.82) is 0 Å². The summed E-state index contributed by atoms with van der Waals surface area (Å²) in [6.45, 7) is 1.93. The Labute approximate surface area is 113 Å². The second kappa shape index (κ2) is 5.49. The van der Waals surface area contributed by atoms with Gasteiger partial charge in [0.05, 0.1) is 16.9 Å². The molecule has 1 heterocycles. The van der Waals surface area contributed by atoms with Gasteiger partial charge < -0.3 is 0 Å². The van der Waals surface area contributed by atoms with Gasteiger partial charge in [0.25, 0.3) is 0 Å². The van der Waals surface area contributed by atoms with Crippen LogP contribution in [0, 0.1) is 6.92 Å². The van der Waals surface area contributed by atoms with Crippen LogP contribution in [-0.2, 0) is 0 Å². The molecule has 0 saturated heterocycles. The highest BCUT2D eigenvalue weighted by molar-refractivity contribution is 7.13. The van der Waals surface area contributed by atoms with Gasteiger partial charge in [0.1, 0.15) is 0 Å². The van der Waals surface area contributed by atoms with Crippen molar-refractivity contribution in [3.05, 3.63) is 44.9 Å². The van der Waals surface area contributed by atoms with E-state index >= 15 is 0 Å². The number of thiazole rings is 1. The van der Waals surface area contributed by atoms with Crippen LogP contribution >= 0.6 is 34.5 Å². The Kier molecular flexibility index (Phi) is 3.99. The zero-order valence-corrected chi connectivity index (χ0v) is 11.3. The number of aromatic nitrogens is 1. The highest BCUT2D eigenvalue weighted by Crippen LogP contribution is 2.19. The fraction of sp³-hybridized carbons (Fsp3) is 0.0909. The van der Waals surface area contributed by atoms with E-state index in [0.717, 1.165) is 16.4 Å². The van der Waals surface area contributed by atoms with E-state index in [0.29, 0.717) is 10.0 Å². The summed E-state index contributed by atoms with van der Waals surface area (Å²) < 4.78 is 0. The van der Waals surface area contributed by atoms with Gasteiger partial charge in [-0.2, -0.15) is 5.10 Å². The van der Waals surface area contributed by atoms with Crippen LogP contribution in [0.1, 0.15) is 11.3 Å². The quantitative estimate of drug-likeness (QED) is 0.678. The van der Waals surface area contributed by atoms with Crippen LogP contribution in [0.5, 0.6) is 0 Å². The number of anilines is 1. The molecule has 0 saturated carbocycles. The molecule has 0 spiro atoms. The van der Waals surface area contributed by atoms with Crippen LogP contribution < -0.4 is 5.43 Å². The Balaban J connectivity index is 2.05. The molecule has 1 aromatic heterocycles. The Bertz CT molecular complexity index is 551. The minimum Gasteiger partial charge on any atom is -0.253 e. The Morgan fingerprint density at radius 3 is 2.88 bits per heavy atom. The van der Waals surface area contributed by atoms with E-state index in [-0.39, 0.29) is 0 Å². The smallest absolute Gasteiger partial charge is 0.203 e. The van der Waals surface area contributed by atoms with Gasteiger partial charge in [0.2, 0.25) is 5.13 Å². The van der Waals surface area contributed by atoms with Gasteiger partial charge >= 0.3 is 0 Å². The minimum absolute atomic E-state index is 0.568. The first kappa shape index (κ1) is 12.4. The van der Waals surface area contributed by atoms with E-state index in [2.05, 4.69) is 15.5 Å². The maximum atomic E-state index is 6.00. The SMILES string of the molecule is Cc1csc(N/N=C\c2ccc(Cl)cc2Cl)n1. The van der Waals surface area contributed by atoms with E-state index in [1.54, 1.807) is 18.3 Å². The Hall–Kier alpha value is -1.10. The molecular weight excluding hydrogens is 277 g/mol. The second-order valence-electron chi connectivity index (χ2n) is 3.33. The van der Waals surface area contributed by atoms with Crippen molar-refractivity contribution in [2.45, 2.75) is 6.92 Å². The first-order valence-electron chi connectivity index (χ1n) is 4.81. The molecule has 17 heavy (non-hydrogen) atoms. The van der Waals surface area contributed by atoms with E-state index in [1.165, 1.54) is 11.3 Å². The monoisotopic (exact) mass is 285 g/mol. The zero-order chi connectivity index (χ0) is 12.3. The Morgan fingerprint density at radius 1 is 1.41 bits per heavy atom. The molecule has 2 rings (SSSR count). The molecule has 1 N–H and O–H groups in total. The molecule has 0 amide bonds. The molecule has 0 radical (unpaired) electrons. The van der Waals surface area contributed by atoms with Crippen molar-refractivity contribution < 1.29 is 0 Å². The molecule has 0 aliphatic heterocycles. The fourth-order valence-electron chi connectivity index (χ4n) is 1.17. The topological polar surface area (TPSA) is 37.3 Å². The maximum absolute atomic E-state index is 6.00. The summed E-state index contributed by atoms with van der Waals surface area (Å²) in [5.41, 5.74) is 4.61. The van der Waals surface area contributed by atoms with Crippen LogP contribution in [-0.4, -0.2) is 11.2 Å². The van der Waals surface area contributed by atoms with Gasteiger partial charge in [-0.05, 0) is 19.1 Å². The van der Waals surface area contributed by atoms with Gasteiger partial charge in [0, 0.05) is 16.0 Å². The summed E-state index contributed by atoms with van der Waals surface area (Å²) >= 11 is 13.3. The number of hydrogen-bond acceptors (Lipinski definition) is 4. The van der Waals surface area contributed by atoms with Gasteiger partial charge in [-0.3, -0.25) is 5.43 Å². The van der Waals surface area contributed by atoms with Crippen LogP contribution in [0.4, 0.5) is 5.13 Å². The lowest BCUT2D eigenvalue weighted by molar-refractivity contribution is 1.22. The number of rotatable bonds is 3. The van der Waals surface area contributed by atoms with Gasteiger partial charge in [-0.1, -0.05) is 29.3 Å². The first-order chi connectivity index (χ1) is 8.15. The summed E-state index contributed by atoms with van der Waals surface area (Å²) in [5, 5.41) is 7.94. The molecule has 0 aliphatic carbocycles. The summed E-state index contributed by atoms with van der Waals surface area (Å²) in [6.07, 6.45) is 1.63. The summed E-state index contributed by atoms with van der Waals surface area (Å²) in [7, 11) is 0. The lowest BCUT2D eigenvalue weighted by atomic mass is 10.2. The van der Waals surface area contributed by atoms with Crippen LogP contribution in [0.25, 0.3) is 0 Å². The average Bonchev–Trinajstić information content (AvgIpc) is 2.68. The van der Waals surface area contributed by atoms with Crippen molar-refractivity contribution in [3.63, 3.8) is 0 Å². The lowest BCUT2D eigenvalue weighted by Crippen LogP contribution is -1.90. The van der Waals surface area contributed by atoms with Crippen molar-refractivity contribution in [2.24, 2.45) is 5.10 Å². The van der Waals surface area contributed by atoms with E-state index in [1.807, 2.05) is 18.4 Å². The summed E-state index contributed by atoms with van der Waals surface area (Å²) in [6, 6.07) is 5.25. The van der Waals surface area contributed by atoms with Gasteiger partial charge in [-0.15, -0.1) is 11.3 Å². The third kappa shape index (κ3) is 3.43. The standard InChI is InChI=1S/C11H9Cl2N3S/c1-7-6-17-11(15-7)16-14-5-8-2-3-9(12)4-10(8)13/h2-6H,1H3,(H,15,16)/b14-5-. The molecule has 1 aromatic carbocycles. The summed E-state index contributed by atoms with van der Waals surface area (Å²) in [5.74, 6) is 0. The number of nitrogens with one attached hydrogen (secondary N) is 1. The van der Waals surface area contributed by atoms with Gasteiger partial charge in [-0.25, -0.2) is 4.98 Å². The summed E-state index contributed by atoms with van der Waals surface area (Å²) in [4.78, 5) is 4.22. The first-order valence-corrected chi connectivity index (χ1v) is 6.45. The molecule has 6 heteroatoms. The minimum atomic E-state index is 0.568. The predicted octanol–water partition coefficient (Wildman–Crippen LogP) is 4.20. The molecule has 0 aliphatic rings. The molecule has 0 bridgehead atoms. The van der Waals surface area contributed by atoms with E-state index < -0.39 is 0 Å². The average molecular weight is 286 g/mol. The third-order valence-corrected chi connectivity index (χ3v) is 3.37. The molecule has 88 valence electrons. The number of benzene rings is 1. The van der Waals surface area contributed by atoms with Crippen molar-refractivity contribution in [1.82, 2.24) is 4.98 Å². The number of hydrazone groups is 1. The lowest BCUT2D eigenvalue weighted by Gasteiger charge is -1.98. The fourth-order valence-corrected chi connectivity index (χ4v) is 2.26. The van der Waals surface area contributed by atoms with Crippen molar-refractivity contribution in [2.75, 3.05) is 5.43 Å². The van der Waals surface area contributed by atoms with Crippen LogP contribution in [0.2, 0.25) is 10.0 Å². The van der Waals surface area contributed by atoms with E-state index in [9.17, 15) is 0 Å². The molecule has 0 unspecified atom stereocenters. The maximum Gasteiger partial charge on any atom is 0.203 e. The number of nitrogens with zero attached hydrogens (tertiary/aromatic N) is 2. The number of hydrogen-bond donors (Lipinski definition) is 1. The molecule has 2 aromatic rings. The van der Waals surface area contributed by atoms with Crippen LogP contribution in [0.3, 0.4) is 0 Å². The largest absolute Gasteiger partial charge is 0.253 e. The highest BCUT2D eigenvalue weighted by atomic mass is 35.5. The molecule has 0 atom stereocenters. The zero-order valence-electron chi connectivity index (χ0n) is 8.95. The number of halogens is 2. The predicted molar refractivity (Wildman–Crippen MR) is 74.5 cm³/mol. The molecule has 0 fully saturated rings. The van der Waals surface area contributed by atoms with E-state index in [4.69, 9.17) is 23.2 Å². The molecular formula is C11H9Cl2N3S.